The number of allylic oxidation sites excluding steroid dienone is 8. The minimum absolute atomic E-state index is 0. The van der Waals surface area contributed by atoms with E-state index in [9.17, 15) is 0 Å². The fraction of sp³-hybridized carbons (Fsp3) is 0.286. The standard InChI is InChI=1S/C14H14Si.C9H13.C5H5.2ClH.Zr/c1-11-7-3-5-9-13(11)15-14-10-6-4-8-12(14)2;1-6-5-7(2)9(4)8(6)3;1-2-4-5-3-1;;;/h3-10H,1-2H3;6H,1-4H3;1-3H,4H2;2*1H;/q;2*-1;;;+4/p-2. The van der Waals surface area contributed by atoms with Crippen LogP contribution in [-0.4, -0.2) is 9.52 Å². The quantitative estimate of drug-likeness (QED) is 0.360. The van der Waals surface area contributed by atoms with Crippen LogP contribution in [0, 0.1) is 31.9 Å². The van der Waals surface area contributed by atoms with E-state index < -0.39 is 0 Å². The molecule has 166 valence electrons. The van der Waals surface area contributed by atoms with Gasteiger partial charge in [0.05, 0.1) is 0 Å². The topological polar surface area (TPSA) is 0 Å². The third kappa shape index (κ3) is 10.8. The number of rotatable bonds is 2. The first-order chi connectivity index (χ1) is 13.9. The monoisotopic (exact) mass is 556 g/mol. The normalized spacial score (nSPS) is 15.2. The van der Waals surface area contributed by atoms with Crippen LogP contribution in [0.4, 0.5) is 0 Å². The van der Waals surface area contributed by atoms with Crippen LogP contribution in [0.1, 0.15) is 45.2 Å². The summed E-state index contributed by atoms with van der Waals surface area (Å²) in [5.41, 5.74) is 7.02. The van der Waals surface area contributed by atoms with Gasteiger partial charge in [0.1, 0.15) is 9.52 Å². The van der Waals surface area contributed by atoms with Gasteiger partial charge in [-0.05, 0) is 13.8 Å². The molecule has 0 nitrogen and oxygen atoms in total. The van der Waals surface area contributed by atoms with Gasteiger partial charge in [-0.2, -0.15) is 17.2 Å². The molecule has 0 spiro atoms. The molecule has 1 atom stereocenters. The zero-order chi connectivity index (χ0) is 21.2. The van der Waals surface area contributed by atoms with E-state index in [1.165, 1.54) is 38.2 Å². The molecule has 1 unspecified atom stereocenters. The summed E-state index contributed by atoms with van der Waals surface area (Å²) in [5.74, 6) is 0.560. The van der Waals surface area contributed by atoms with Crippen molar-refractivity contribution >= 4 is 19.9 Å². The van der Waals surface area contributed by atoms with Crippen LogP contribution in [0.3, 0.4) is 0 Å². The molecule has 4 heteroatoms. The van der Waals surface area contributed by atoms with E-state index in [0.29, 0.717) is 5.92 Å². The Bertz CT molecular complexity index is 888. The van der Waals surface area contributed by atoms with Crippen molar-refractivity contribution in [2.45, 2.75) is 48.0 Å². The van der Waals surface area contributed by atoms with E-state index in [-0.39, 0.29) is 51.0 Å². The maximum absolute atomic E-state index is 3.36. The van der Waals surface area contributed by atoms with Crippen LogP contribution in [-0.2, 0) is 26.2 Å². The molecule has 0 amide bonds. The number of hydrogen-bond donors (Lipinski definition) is 0. The van der Waals surface area contributed by atoms with Gasteiger partial charge >= 0.3 is 26.2 Å². The summed E-state index contributed by atoms with van der Waals surface area (Å²) in [4.78, 5) is 0. The molecule has 2 aromatic carbocycles. The molecule has 4 rings (SSSR count). The summed E-state index contributed by atoms with van der Waals surface area (Å²) in [6, 6.07) is 17.2. The van der Waals surface area contributed by atoms with Crippen molar-refractivity contribution in [2.75, 3.05) is 0 Å². The Morgan fingerprint density at radius 1 is 0.812 bits per heavy atom. The zero-order valence-electron chi connectivity index (χ0n) is 19.9. The molecule has 0 heterocycles. The van der Waals surface area contributed by atoms with Gasteiger partial charge in [0.15, 0.2) is 0 Å². The predicted octanol–water partition coefficient (Wildman–Crippen LogP) is -0.00838. The smallest absolute Gasteiger partial charge is 1.00 e. The van der Waals surface area contributed by atoms with E-state index in [0.717, 1.165) is 15.9 Å². The Labute approximate surface area is 230 Å². The molecule has 0 saturated heterocycles. The van der Waals surface area contributed by atoms with Gasteiger partial charge in [-0.25, -0.2) is 17.7 Å². The van der Waals surface area contributed by atoms with Crippen molar-refractivity contribution in [2.24, 2.45) is 5.92 Å². The Morgan fingerprint density at radius 3 is 1.56 bits per heavy atom. The summed E-state index contributed by atoms with van der Waals surface area (Å²) < 4.78 is 0. The predicted molar refractivity (Wildman–Crippen MR) is 129 cm³/mol. The van der Waals surface area contributed by atoms with Crippen molar-refractivity contribution < 1.29 is 51.0 Å². The Kier molecular flexibility index (Phi) is 18.2. The van der Waals surface area contributed by atoms with E-state index >= 15 is 0 Å². The molecule has 2 aliphatic carbocycles. The molecule has 32 heavy (non-hydrogen) atoms. The molecule has 0 bridgehead atoms. The van der Waals surface area contributed by atoms with Crippen LogP contribution >= 0.6 is 0 Å². The second-order valence-corrected chi connectivity index (χ2v) is 8.88. The van der Waals surface area contributed by atoms with Gasteiger partial charge in [-0.3, -0.25) is 12.2 Å². The molecule has 0 saturated carbocycles. The van der Waals surface area contributed by atoms with Gasteiger partial charge in [0, 0.05) is 0 Å². The zero-order valence-corrected chi connectivity index (χ0v) is 24.9. The van der Waals surface area contributed by atoms with Gasteiger partial charge < -0.3 is 24.8 Å². The number of benzene rings is 2. The number of aryl methyl sites for hydroxylation is 2. The number of hydrogen-bond acceptors (Lipinski definition) is 0. The average Bonchev–Trinajstić information content (AvgIpc) is 3.36. The maximum atomic E-state index is 3.36. The van der Waals surface area contributed by atoms with Crippen molar-refractivity contribution in [3.63, 3.8) is 0 Å². The summed E-state index contributed by atoms with van der Waals surface area (Å²) in [6.45, 7) is 13.0. The Balaban J connectivity index is 0. The van der Waals surface area contributed by atoms with Crippen molar-refractivity contribution in [1.29, 1.82) is 0 Å². The third-order valence-corrected chi connectivity index (χ3v) is 7.04. The third-order valence-electron chi connectivity index (χ3n) is 5.38. The molecule has 0 N–H and O–H groups in total. The van der Waals surface area contributed by atoms with Crippen LogP contribution < -0.4 is 35.2 Å². The Hall–Kier alpha value is -0.920. The molecular formula is C28H32Cl2SiZr. The first kappa shape index (κ1) is 33.3. The first-order valence-electron chi connectivity index (χ1n) is 10.3. The molecule has 2 aliphatic rings. The summed E-state index contributed by atoms with van der Waals surface area (Å²) in [5, 5.41) is 2.90. The second kappa shape index (κ2) is 17.5. The largest absolute Gasteiger partial charge is 4.00 e. The SMILES string of the molecule is CC1=[C-]C(C)C(C)=C1C.Cc1ccccc1[Si]c1ccccc1C.[C-]1=CC=CC1.[Cl-].[Cl-].[Zr+4]. The van der Waals surface area contributed by atoms with Crippen LogP contribution in [0.5, 0.6) is 0 Å². The molecule has 2 radical (unpaired) electrons. The fourth-order valence-corrected chi connectivity index (χ4v) is 4.28. The van der Waals surface area contributed by atoms with E-state index in [1.807, 2.05) is 12.2 Å². The minimum Gasteiger partial charge on any atom is -1.00 e. The molecule has 0 fully saturated rings. The van der Waals surface area contributed by atoms with E-state index in [1.54, 1.807) is 0 Å². The van der Waals surface area contributed by atoms with Gasteiger partial charge in [0.2, 0.25) is 0 Å². The maximum Gasteiger partial charge on any atom is 4.00 e. The van der Waals surface area contributed by atoms with Crippen molar-refractivity contribution in [3.8, 4) is 0 Å². The summed E-state index contributed by atoms with van der Waals surface area (Å²) in [6.07, 6.45) is 13.4. The van der Waals surface area contributed by atoms with Gasteiger partial charge in [-0.15, -0.1) is 13.3 Å². The van der Waals surface area contributed by atoms with Crippen LogP contribution in [0.25, 0.3) is 0 Å². The second-order valence-electron chi connectivity index (χ2n) is 7.56. The summed E-state index contributed by atoms with van der Waals surface area (Å²) in [7, 11) is 0.774. The van der Waals surface area contributed by atoms with Crippen LogP contribution in [0.15, 0.2) is 83.5 Å². The average molecular weight is 559 g/mol. The fourth-order valence-electron chi connectivity index (χ4n) is 3.07. The molecule has 2 aromatic rings. The molecule has 0 aliphatic heterocycles. The van der Waals surface area contributed by atoms with Gasteiger partial charge in [-0.1, -0.05) is 96.7 Å². The molecular weight excluding hydrogens is 527 g/mol. The molecule has 0 aromatic heterocycles. The van der Waals surface area contributed by atoms with Gasteiger partial charge in [0.25, 0.3) is 0 Å². The van der Waals surface area contributed by atoms with E-state index in [4.69, 9.17) is 0 Å². The Morgan fingerprint density at radius 2 is 1.31 bits per heavy atom. The van der Waals surface area contributed by atoms with Crippen molar-refractivity contribution in [1.82, 2.24) is 0 Å². The van der Waals surface area contributed by atoms with Crippen molar-refractivity contribution in [3.05, 3.63) is 107 Å². The first-order valence-corrected chi connectivity index (χ1v) is 11.3. The van der Waals surface area contributed by atoms with E-state index in [2.05, 4.69) is 108 Å². The minimum atomic E-state index is 0. The van der Waals surface area contributed by atoms with Crippen LogP contribution in [0.2, 0.25) is 0 Å². The number of halogens is 2. The summed E-state index contributed by atoms with van der Waals surface area (Å²) >= 11 is 0.